The van der Waals surface area contributed by atoms with Gasteiger partial charge in [0.2, 0.25) is 0 Å². The van der Waals surface area contributed by atoms with Crippen molar-refractivity contribution in [3.63, 3.8) is 0 Å². The number of nitrogens with one attached hydrogen (secondary N) is 3. The smallest absolute Gasteiger partial charge is 0.410 e. The number of benzene rings is 4. The molecule has 13 heteroatoms. The van der Waals surface area contributed by atoms with Gasteiger partial charge in [-0.1, -0.05) is 121 Å². The highest BCUT2D eigenvalue weighted by molar-refractivity contribution is 5.74. The van der Waals surface area contributed by atoms with Gasteiger partial charge < -0.3 is 39.1 Å². The number of carbonyl (C=O) groups excluding carboxylic acids is 4. The molecular weight excluding hydrogens is 743 g/mol. The van der Waals surface area contributed by atoms with Gasteiger partial charge in [0.05, 0.1) is 18.5 Å². The van der Waals surface area contributed by atoms with Crippen LogP contribution in [0.3, 0.4) is 0 Å². The number of carbonyl (C=O) groups is 4. The van der Waals surface area contributed by atoms with E-state index >= 15 is 0 Å². The lowest BCUT2D eigenvalue weighted by Gasteiger charge is -2.50. The molecule has 2 aliphatic rings. The van der Waals surface area contributed by atoms with E-state index in [1.54, 1.807) is 0 Å². The summed E-state index contributed by atoms with van der Waals surface area (Å²) in [6.45, 7) is 0.482. The van der Waals surface area contributed by atoms with Gasteiger partial charge in [0.15, 0.2) is 12.5 Å². The van der Waals surface area contributed by atoms with Crippen LogP contribution in [-0.4, -0.2) is 61.1 Å². The molecule has 6 rings (SSSR count). The van der Waals surface area contributed by atoms with Gasteiger partial charge in [0.25, 0.3) is 0 Å². The highest BCUT2D eigenvalue weighted by Crippen LogP contribution is 2.39. The maximum Gasteiger partial charge on any atom is 0.410 e. The van der Waals surface area contributed by atoms with Crippen LogP contribution < -0.4 is 16.0 Å². The molecule has 1 saturated carbocycles. The number of ether oxygens (including phenoxy) is 6. The molecule has 2 fully saturated rings. The van der Waals surface area contributed by atoms with Gasteiger partial charge in [-0.25, -0.2) is 14.4 Å². The van der Waals surface area contributed by atoms with E-state index in [0.717, 1.165) is 35.1 Å². The average Bonchev–Trinajstić information content (AvgIpc) is 3.24. The molecule has 3 N–H and O–H groups in total. The normalized spacial score (nSPS) is 20.7. The van der Waals surface area contributed by atoms with E-state index < -0.39 is 60.9 Å². The summed E-state index contributed by atoms with van der Waals surface area (Å²) in [4.78, 5) is 54.5. The third-order valence-corrected chi connectivity index (χ3v) is 10.1. The summed E-state index contributed by atoms with van der Waals surface area (Å²) in [6, 6.07) is 35.3. The first-order valence-electron chi connectivity index (χ1n) is 19.8. The minimum atomic E-state index is -1.60. The monoisotopic (exact) mass is 793 g/mol. The molecular formula is C45H51N3O10. The summed E-state index contributed by atoms with van der Waals surface area (Å²) in [5, 5.41) is 8.62. The van der Waals surface area contributed by atoms with Gasteiger partial charge in [-0.3, -0.25) is 10.1 Å². The van der Waals surface area contributed by atoms with Crippen molar-refractivity contribution in [2.75, 3.05) is 6.61 Å². The molecule has 1 aliphatic carbocycles. The summed E-state index contributed by atoms with van der Waals surface area (Å²) in [6.07, 6.45) is -0.925. The second-order valence-electron chi connectivity index (χ2n) is 14.4. The molecule has 306 valence electrons. The van der Waals surface area contributed by atoms with E-state index in [0.29, 0.717) is 32.3 Å². The third kappa shape index (κ3) is 12.8. The standard InChI is InChI=1S/C45H51N3O10/c49-40(57-39(28-33-16-5-1-6-17-33)48-44(52)56-32-36-22-11-4-12-23-36)29-45(58-41-26-13-14-27-53-41)37(46-42(50)54-30-34-18-7-2-8-19-34)24-15-25-38(45)47-43(51)55-31-35-20-9-3-10-21-35/h1-12,16-23,37-39,41H,13-15,24-32H2,(H,46,50)(H,47,51)(H,48,52). The van der Waals surface area contributed by atoms with Crippen LogP contribution in [0.2, 0.25) is 0 Å². The van der Waals surface area contributed by atoms with Gasteiger partial charge in [-0.05, 0) is 60.8 Å². The van der Waals surface area contributed by atoms with Crippen LogP contribution in [0.4, 0.5) is 14.4 Å². The van der Waals surface area contributed by atoms with E-state index in [9.17, 15) is 19.2 Å². The largest absolute Gasteiger partial charge is 0.445 e. The zero-order valence-corrected chi connectivity index (χ0v) is 32.4. The fraction of sp³-hybridized carbons (Fsp3) is 0.378. The molecule has 0 spiro atoms. The molecule has 4 aromatic rings. The molecule has 1 saturated heterocycles. The molecule has 3 amide bonds. The molecule has 58 heavy (non-hydrogen) atoms. The highest BCUT2D eigenvalue weighted by Gasteiger charge is 2.54. The highest BCUT2D eigenvalue weighted by atomic mass is 16.7. The zero-order valence-electron chi connectivity index (χ0n) is 32.4. The second kappa shape index (κ2) is 21.6. The molecule has 4 atom stereocenters. The van der Waals surface area contributed by atoms with Crippen LogP contribution in [0.25, 0.3) is 0 Å². The summed E-state index contributed by atoms with van der Waals surface area (Å²) < 4.78 is 35.7. The van der Waals surface area contributed by atoms with Crippen molar-refractivity contribution in [3.05, 3.63) is 144 Å². The van der Waals surface area contributed by atoms with E-state index in [1.807, 2.05) is 121 Å². The number of alkyl carbamates (subject to hydrolysis) is 3. The Morgan fingerprint density at radius 3 is 1.52 bits per heavy atom. The topological polar surface area (TPSA) is 160 Å². The van der Waals surface area contributed by atoms with Gasteiger partial charge in [0.1, 0.15) is 25.4 Å². The Labute approximate surface area is 338 Å². The van der Waals surface area contributed by atoms with Crippen molar-refractivity contribution in [2.45, 2.75) is 101 Å². The molecule has 4 aromatic carbocycles. The Bertz CT molecular complexity index is 1810. The van der Waals surface area contributed by atoms with Crippen molar-refractivity contribution in [3.8, 4) is 0 Å². The van der Waals surface area contributed by atoms with E-state index in [2.05, 4.69) is 16.0 Å². The quantitative estimate of drug-likeness (QED) is 0.0590. The van der Waals surface area contributed by atoms with Crippen molar-refractivity contribution in [2.24, 2.45) is 0 Å². The Morgan fingerprint density at radius 2 is 1.05 bits per heavy atom. The maximum atomic E-state index is 14.4. The Morgan fingerprint density at radius 1 is 0.586 bits per heavy atom. The Balaban J connectivity index is 1.25. The zero-order chi connectivity index (χ0) is 40.4. The number of hydrogen-bond acceptors (Lipinski definition) is 10. The van der Waals surface area contributed by atoms with Crippen LogP contribution in [-0.2, 0) is 59.5 Å². The summed E-state index contributed by atoms with van der Waals surface area (Å²) in [5.41, 5.74) is 1.58. The van der Waals surface area contributed by atoms with Crippen LogP contribution in [0.1, 0.15) is 67.2 Å². The van der Waals surface area contributed by atoms with Gasteiger partial charge in [-0.2, -0.15) is 0 Å². The summed E-state index contributed by atoms with van der Waals surface area (Å²) in [5.74, 6) is -0.754. The van der Waals surface area contributed by atoms with Crippen molar-refractivity contribution < 1.29 is 47.6 Å². The predicted molar refractivity (Wildman–Crippen MR) is 213 cm³/mol. The molecule has 1 aliphatic heterocycles. The van der Waals surface area contributed by atoms with E-state index in [-0.39, 0.29) is 26.2 Å². The van der Waals surface area contributed by atoms with Crippen molar-refractivity contribution in [1.82, 2.24) is 16.0 Å². The minimum Gasteiger partial charge on any atom is -0.445 e. The fourth-order valence-corrected chi connectivity index (χ4v) is 7.23. The minimum absolute atomic E-state index is 0.0124. The SMILES string of the molecule is O=C(CC1(OC2CCCCO2)C(NC(=O)OCc2ccccc2)CCCC1NC(=O)OCc1ccccc1)OC(Cc1ccccc1)NC(=O)OCc1ccccc1. The van der Waals surface area contributed by atoms with Crippen LogP contribution in [0.5, 0.6) is 0 Å². The van der Waals surface area contributed by atoms with Crippen molar-refractivity contribution >= 4 is 24.2 Å². The number of amides is 3. The maximum absolute atomic E-state index is 14.4. The second-order valence-corrected chi connectivity index (χ2v) is 14.4. The number of hydrogen-bond donors (Lipinski definition) is 3. The molecule has 0 aromatic heterocycles. The van der Waals surface area contributed by atoms with Crippen LogP contribution >= 0.6 is 0 Å². The van der Waals surface area contributed by atoms with E-state index in [1.165, 1.54) is 0 Å². The first-order chi connectivity index (χ1) is 28.3. The van der Waals surface area contributed by atoms with E-state index in [4.69, 9.17) is 28.4 Å². The fourth-order valence-electron chi connectivity index (χ4n) is 7.23. The Hall–Kier alpha value is -5.92. The number of esters is 1. The third-order valence-electron chi connectivity index (χ3n) is 10.1. The lowest BCUT2D eigenvalue weighted by molar-refractivity contribution is -0.250. The Kier molecular flexibility index (Phi) is 15.5. The van der Waals surface area contributed by atoms with Gasteiger partial charge in [0, 0.05) is 13.0 Å². The molecule has 4 unspecified atom stereocenters. The first-order valence-corrected chi connectivity index (χ1v) is 19.8. The van der Waals surface area contributed by atoms with Gasteiger partial charge >= 0.3 is 24.2 Å². The number of rotatable bonds is 16. The lowest BCUT2D eigenvalue weighted by Crippen LogP contribution is -2.69. The van der Waals surface area contributed by atoms with Crippen LogP contribution in [0, 0.1) is 0 Å². The predicted octanol–water partition coefficient (Wildman–Crippen LogP) is 7.47. The first kappa shape index (κ1) is 41.7. The summed E-state index contributed by atoms with van der Waals surface area (Å²) >= 11 is 0. The molecule has 0 radical (unpaired) electrons. The van der Waals surface area contributed by atoms with Gasteiger partial charge in [-0.15, -0.1) is 0 Å². The van der Waals surface area contributed by atoms with Crippen LogP contribution in [0.15, 0.2) is 121 Å². The molecule has 1 heterocycles. The average molecular weight is 794 g/mol. The lowest BCUT2D eigenvalue weighted by atomic mass is 9.73. The van der Waals surface area contributed by atoms with Crippen molar-refractivity contribution in [1.29, 1.82) is 0 Å². The molecule has 0 bridgehead atoms. The summed E-state index contributed by atoms with van der Waals surface area (Å²) in [7, 11) is 0. The molecule has 13 nitrogen and oxygen atoms in total.